The van der Waals surface area contributed by atoms with E-state index in [-0.39, 0.29) is 5.12 Å². The number of carbonyl (C=O) groups excluding carboxylic acids is 1. The second-order valence-corrected chi connectivity index (χ2v) is 5.65. The molecule has 2 unspecified atom stereocenters. The Morgan fingerprint density at radius 3 is 2.68 bits per heavy atom. The van der Waals surface area contributed by atoms with Gasteiger partial charge in [0, 0.05) is 12.7 Å². The van der Waals surface area contributed by atoms with Crippen LogP contribution in [0.2, 0.25) is 0 Å². The maximum atomic E-state index is 10.8. The molecule has 0 bridgehead atoms. The van der Waals surface area contributed by atoms with Crippen molar-refractivity contribution in [2.24, 2.45) is 5.73 Å². The van der Waals surface area contributed by atoms with Crippen LogP contribution in [0.3, 0.4) is 0 Å². The first-order valence-corrected chi connectivity index (χ1v) is 7.32. The monoisotopic (exact) mass is 283 g/mol. The normalized spacial score (nSPS) is 14.1. The van der Waals surface area contributed by atoms with Crippen LogP contribution in [0, 0.1) is 0 Å². The average molecular weight is 283 g/mol. The lowest BCUT2D eigenvalue weighted by Crippen LogP contribution is -2.21. The number of nitrogens with two attached hydrogens (primary N) is 1. The van der Waals surface area contributed by atoms with E-state index in [0.29, 0.717) is 30.7 Å². The van der Waals surface area contributed by atoms with Gasteiger partial charge in [0.25, 0.3) is 0 Å². The molecular weight excluding hydrogens is 262 g/mol. The van der Waals surface area contributed by atoms with E-state index in [1.165, 1.54) is 6.92 Å². The van der Waals surface area contributed by atoms with Gasteiger partial charge in [-0.2, -0.15) is 0 Å². The van der Waals surface area contributed by atoms with Crippen molar-refractivity contribution in [3.05, 3.63) is 35.4 Å². The molecule has 0 saturated carbocycles. The molecule has 0 heterocycles. The number of aliphatic hydroxyl groups excluding tert-OH is 2. The SMILES string of the molecule is CC(=O)SCCC(O)C(O)c1ccccc1CCN. The van der Waals surface area contributed by atoms with E-state index in [9.17, 15) is 15.0 Å². The molecule has 0 aromatic heterocycles. The summed E-state index contributed by atoms with van der Waals surface area (Å²) >= 11 is 1.16. The largest absolute Gasteiger partial charge is 0.390 e. The third-order valence-corrected chi connectivity index (χ3v) is 3.72. The zero-order chi connectivity index (χ0) is 14.3. The minimum absolute atomic E-state index is 0.0187. The standard InChI is InChI=1S/C14H21NO3S/c1-10(16)19-9-7-13(17)14(18)12-5-3-2-4-11(12)6-8-15/h2-5,13-14,17-18H,6-9,15H2,1H3. The van der Waals surface area contributed by atoms with Crippen LogP contribution in [-0.4, -0.2) is 33.7 Å². The fourth-order valence-corrected chi connectivity index (χ4v) is 2.54. The van der Waals surface area contributed by atoms with E-state index in [0.717, 1.165) is 17.3 Å². The molecule has 1 aromatic rings. The van der Waals surface area contributed by atoms with Crippen molar-refractivity contribution in [3.63, 3.8) is 0 Å². The quantitative estimate of drug-likeness (QED) is 0.701. The molecule has 106 valence electrons. The number of aliphatic hydroxyl groups is 2. The minimum Gasteiger partial charge on any atom is -0.390 e. The number of thioether (sulfide) groups is 1. The summed E-state index contributed by atoms with van der Waals surface area (Å²) in [6.45, 7) is 1.99. The van der Waals surface area contributed by atoms with Gasteiger partial charge in [-0.15, -0.1) is 0 Å². The highest BCUT2D eigenvalue weighted by Crippen LogP contribution is 2.24. The Kier molecular flexibility index (Phi) is 7.09. The van der Waals surface area contributed by atoms with Crippen molar-refractivity contribution >= 4 is 16.9 Å². The van der Waals surface area contributed by atoms with Crippen molar-refractivity contribution in [1.29, 1.82) is 0 Å². The first-order chi connectivity index (χ1) is 9.06. The lowest BCUT2D eigenvalue weighted by atomic mass is 9.96. The predicted molar refractivity (Wildman–Crippen MR) is 77.9 cm³/mol. The van der Waals surface area contributed by atoms with Gasteiger partial charge in [0.1, 0.15) is 6.10 Å². The molecule has 0 spiro atoms. The first-order valence-electron chi connectivity index (χ1n) is 6.33. The molecule has 5 heteroatoms. The van der Waals surface area contributed by atoms with Gasteiger partial charge in [-0.25, -0.2) is 0 Å². The zero-order valence-electron chi connectivity index (χ0n) is 11.1. The van der Waals surface area contributed by atoms with Gasteiger partial charge in [-0.1, -0.05) is 36.0 Å². The highest BCUT2D eigenvalue weighted by atomic mass is 32.2. The van der Waals surface area contributed by atoms with Gasteiger partial charge in [-0.05, 0) is 30.5 Å². The molecule has 0 radical (unpaired) electrons. The van der Waals surface area contributed by atoms with E-state index in [2.05, 4.69) is 0 Å². The second-order valence-electron chi connectivity index (χ2n) is 4.38. The molecule has 0 saturated heterocycles. The van der Waals surface area contributed by atoms with Gasteiger partial charge in [0.2, 0.25) is 0 Å². The van der Waals surface area contributed by atoms with Gasteiger partial charge in [0.15, 0.2) is 5.12 Å². The molecule has 4 nitrogen and oxygen atoms in total. The molecular formula is C14H21NO3S. The maximum Gasteiger partial charge on any atom is 0.185 e. The zero-order valence-corrected chi connectivity index (χ0v) is 11.9. The van der Waals surface area contributed by atoms with Gasteiger partial charge in [0.05, 0.1) is 6.10 Å². The lowest BCUT2D eigenvalue weighted by Gasteiger charge is -2.20. The Balaban J connectivity index is 2.65. The molecule has 0 amide bonds. The molecule has 0 aliphatic rings. The van der Waals surface area contributed by atoms with Crippen LogP contribution in [0.25, 0.3) is 0 Å². The van der Waals surface area contributed by atoms with Crippen LogP contribution in [0.4, 0.5) is 0 Å². The summed E-state index contributed by atoms with van der Waals surface area (Å²) in [6, 6.07) is 7.42. The molecule has 2 atom stereocenters. The lowest BCUT2D eigenvalue weighted by molar-refractivity contribution is -0.109. The Labute approximate surface area is 118 Å². The molecule has 0 aliphatic heterocycles. The highest BCUT2D eigenvalue weighted by molar-refractivity contribution is 8.13. The van der Waals surface area contributed by atoms with Gasteiger partial charge in [-0.3, -0.25) is 4.79 Å². The second kappa shape index (κ2) is 8.32. The third kappa shape index (κ3) is 5.32. The van der Waals surface area contributed by atoms with Crippen LogP contribution in [0.5, 0.6) is 0 Å². The summed E-state index contributed by atoms with van der Waals surface area (Å²) in [6.07, 6.45) is -0.758. The van der Waals surface area contributed by atoms with Gasteiger partial charge < -0.3 is 15.9 Å². The Morgan fingerprint density at radius 1 is 1.37 bits per heavy atom. The summed E-state index contributed by atoms with van der Waals surface area (Å²) < 4.78 is 0. The first kappa shape index (κ1) is 16.2. The van der Waals surface area contributed by atoms with Crippen molar-refractivity contribution in [2.75, 3.05) is 12.3 Å². The van der Waals surface area contributed by atoms with Crippen molar-refractivity contribution < 1.29 is 15.0 Å². The van der Waals surface area contributed by atoms with E-state index in [1.54, 1.807) is 6.07 Å². The van der Waals surface area contributed by atoms with Crippen LogP contribution in [0.15, 0.2) is 24.3 Å². The molecule has 1 aromatic carbocycles. The smallest absolute Gasteiger partial charge is 0.185 e. The number of benzene rings is 1. The molecule has 19 heavy (non-hydrogen) atoms. The topological polar surface area (TPSA) is 83.5 Å². The highest BCUT2D eigenvalue weighted by Gasteiger charge is 2.20. The summed E-state index contributed by atoms with van der Waals surface area (Å²) in [7, 11) is 0. The maximum absolute atomic E-state index is 10.8. The summed E-state index contributed by atoms with van der Waals surface area (Å²) in [5.41, 5.74) is 7.20. The number of hydrogen-bond donors (Lipinski definition) is 3. The van der Waals surface area contributed by atoms with Crippen molar-refractivity contribution in [2.45, 2.75) is 32.0 Å². The Morgan fingerprint density at radius 2 is 2.05 bits per heavy atom. The van der Waals surface area contributed by atoms with Crippen LogP contribution >= 0.6 is 11.8 Å². The predicted octanol–water partition coefficient (Wildman–Crippen LogP) is 1.25. The van der Waals surface area contributed by atoms with E-state index < -0.39 is 12.2 Å². The van der Waals surface area contributed by atoms with Crippen LogP contribution in [0.1, 0.15) is 30.6 Å². The number of carbonyl (C=O) groups is 1. The van der Waals surface area contributed by atoms with E-state index in [4.69, 9.17) is 5.73 Å². The van der Waals surface area contributed by atoms with Crippen molar-refractivity contribution in [3.8, 4) is 0 Å². The van der Waals surface area contributed by atoms with Gasteiger partial charge >= 0.3 is 0 Å². The number of rotatable bonds is 7. The van der Waals surface area contributed by atoms with E-state index >= 15 is 0 Å². The molecule has 0 fully saturated rings. The van der Waals surface area contributed by atoms with Crippen molar-refractivity contribution in [1.82, 2.24) is 0 Å². The molecule has 1 rings (SSSR count). The fraction of sp³-hybridized carbons (Fsp3) is 0.500. The van der Waals surface area contributed by atoms with Crippen LogP contribution in [-0.2, 0) is 11.2 Å². The molecule has 4 N–H and O–H groups in total. The summed E-state index contributed by atoms with van der Waals surface area (Å²) in [5.74, 6) is 0.507. The van der Waals surface area contributed by atoms with E-state index in [1.807, 2.05) is 18.2 Å². The number of hydrogen-bond acceptors (Lipinski definition) is 5. The summed E-state index contributed by atoms with van der Waals surface area (Å²) in [4.78, 5) is 10.8. The minimum atomic E-state index is -0.935. The average Bonchev–Trinajstić information content (AvgIpc) is 2.38. The molecule has 0 aliphatic carbocycles. The fourth-order valence-electron chi connectivity index (χ4n) is 1.89. The van der Waals surface area contributed by atoms with Crippen LogP contribution < -0.4 is 5.73 Å². The summed E-state index contributed by atoms with van der Waals surface area (Å²) in [5, 5.41) is 20.2. The Bertz CT molecular complexity index is 411. The third-order valence-electron chi connectivity index (χ3n) is 2.87. The Hall–Kier alpha value is -0.880.